The molecular weight excluding hydrogens is 259 g/mol. The van der Waals surface area contributed by atoms with Crippen molar-refractivity contribution in [3.8, 4) is 0 Å². The Labute approximate surface area is 128 Å². The van der Waals surface area contributed by atoms with Crippen LogP contribution in [-0.4, -0.2) is 18.3 Å². The predicted molar refractivity (Wildman–Crippen MR) is 88.0 cm³/mol. The van der Waals surface area contributed by atoms with Crippen molar-refractivity contribution in [2.45, 2.75) is 51.6 Å². The van der Waals surface area contributed by atoms with Crippen LogP contribution >= 0.6 is 0 Å². The molecule has 21 heavy (non-hydrogen) atoms. The molecule has 2 aliphatic rings. The second kappa shape index (κ2) is 4.86. The molecule has 3 heteroatoms. The summed E-state index contributed by atoms with van der Waals surface area (Å²) in [4.78, 5) is 0. The summed E-state index contributed by atoms with van der Waals surface area (Å²) in [6.45, 7) is 10.5. The van der Waals surface area contributed by atoms with Crippen LogP contribution in [0.25, 0.3) is 5.57 Å². The fourth-order valence-electron chi connectivity index (χ4n) is 2.93. The van der Waals surface area contributed by atoms with E-state index in [2.05, 4.69) is 71.0 Å². The van der Waals surface area contributed by atoms with E-state index in [0.29, 0.717) is 0 Å². The van der Waals surface area contributed by atoms with Gasteiger partial charge in [-0.05, 0) is 51.3 Å². The molecule has 0 amide bonds. The van der Waals surface area contributed by atoms with Crippen molar-refractivity contribution in [1.29, 1.82) is 0 Å². The summed E-state index contributed by atoms with van der Waals surface area (Å²) in [7, 11) is -0.207. The molecule has 0 N–H and O–H groups in total. The summed E-state index contributed by atoms with van der Waals surface area (Å²) in [5.74, 6) is 0.207. The summed E-state index contributed by atoms with van der Waals surface area (Å²) in [5.41, 5.74) is 3.29. The molecule has 0 radical (unpaired) electrons. The summed E-state index contributed by atoms with van der Waals surface area (Å²) in [6, 6.07) is 10.5. The molecular formula is C18H23BO2. The van der Waals surface area contributed by atoms with Gasteiger partial charge >= 0.3 is 7.12 Å². The first-order chi connectivity index (χ1) is 9.86. The van der Waals surface area contributed by atoms with Crippen molar-refractivity contribution in [3.05, 3.63) is 53.6 Å². The zero-order chi connectivity index (χ0) is 15.3. The molecule has 3 rings (SSSR count). The maximum absolute atomic E-state index is 6.25. The number of rotatable bonds is 2. The Kier molecular flexibility index (Phi) is 3.38. The van der Waals surface area contributed by atoms with Crippen LogP contribution in [0.2, 0.25) is 5.82 Å². The fourth-order valence-corrected chi connectivity index (χ4v) is 2.93. The first kappa shape index (κ1) is 14.6. The smallest absolute Gasteiger partial charge is 0.403 e. The van der Waals surface area contributed by atoms with Crippen molar-refractivity contribution in [1.82, 2.24) is 0 Å². The van der Waals surface area contributed by atoms with Crippen molar-refractivity contribution >= 4 is 12.7 Å². The Morgan fingerprint density at radius 3 is 2.10 bits per heavy atom. The molecule has 1 unspecified atom stereocenters. The molecule has 1 aromatic carbocycles. The fraction of sp³-hybridized carbons (Fsp3) is 0.444. The van der Waals surface area contributed by atoms with Gasteiger partial charge in [-0.2, -0.15) is 0 Å². The first-order valence-corrected chi connectivity index (χ1v) is 7.64. The average molecular weight is 282 g/mol. The van der Waals surface area contributed by atoms with E-state index in [1.165, 1.54) is 16.7 Å². The molecule has 1 aromatic rings. The maximum atomic E-state index is 6.25. The number of hydrogen-bond donors (Lipinski definition) is 0. The van der Waals surface area contributed by atoms with Crippen LogP contribution in [0.1, 0.15) is 40.2 Å². The van der Waals surface area contributed by atoms with Gasteiger partial charge in [0.25, 0.3) is 0 Å². The third-order valence-electron chi connectivity index (χ3n) is 5.00. The Hall–Kier alpha value is -1.32. The van der Waals surface area contributed by atoms with Gasteiger partial charge in [-0.3, -0.25) is 0 Å². The average Bonchev–Trinajstić information content (AvgIpc) is 2.58. The molecule has 1 aliphatic heterocycles. The second-order valence-electron chi connectivity index (χ2n) is 6.86. The summed E-state index contributed by atoms with van der Waals surface area (Å²) in [6.07, 6.45) is 4.40. The normalized spacial score (nSPS) is 28.4. The number of benzene rings is 1. The highest BCUT2D eigenvalue weighted by molar-refractivity contribution is 6.53. The Morgan fingerprint density at radius 2 is 1.57 bits per heavy atom. The van der Waals surface area contributed by atoms with Crippen LogP contribution in [0, 0.1) is 0 Å². The molecule has 1 atom stereocenters. The van der Waals surface area contributed by atoms with Crippen LogP contribution in [0.5, 0.6) is 0 Å². The lowest BCUT2D eigenvalue weighted by Crippen LogP contribution is -2.41. The van der Waals surface area contributed by atoms with E-state index >= 15 is 0 Å². The minimum atomic E-state index is -0.284. The largest absolute Gasteiger partial charge is 0.470 e. The number of allylic oxidation sites excluding steroid dienone is 4. The molecule has 0 aromatic heterocycles. The number of hydrogen-bond acceptors (Lipinski definition) is 2. The van der Waals surface area contributed by atoms with Gasteiger partial charge in [0.15, 0.2) is 0 Å². The van der Waals surface area contributed by atoms with E-state index < -0.39 is 0 Å². The lowest BCUT2D eigenvalue weighted by molar-refractivity contribution is 0.00578. The summed E-state index contributed by atoms with van der Waals surface area (Å²) in [5, 5.41) is 0. The molecule has 1 saturated heterocycles. The Morgan fingerprint density at radius 1 is 1.00 bits per heavy atom. The highest BCUT2D eigenvalue weighted by atomic mass is 16.7. The van der Waals surface area contributed by atoms with Gasteiger partial charge in [-0.1, -0.05) is 42.5 Å². The molecule has 1 heterocycles. The van der Waals surface area contributed by atoms with Gasteiger partial charge in [0.05, 0.1) is 11.2 Å². The third-order valence-corrected chi connectivity index (χ3v) is 5.00. The molecule has 0 saturated carbocycles. The van der Waals surface area contributed by atoms with E-state index in [1.54, 1.807) is 0 Å². The van der Waals surface area contributed by atoms with Gasteiger partial charge in [0, 0.05) is 5.82 Å². The lowest BCUT2D eigenvalue weighted by Gasteiger charge is -2.32. The molecule has 0 bridgehead atoms. The molecule has 0 spiro atoms. The van der Waals surface area contributed by atoms with Crippen LogP contribution in [0.15, 0.2) is 48.1 Å². The zero-order valence-electron chi connectivity index (χ0n) is 13.5. The van der Waals surface area contributed by atoms with Crippen LogP contribution in [0.3, 0.4) is 0 Å². The first-order valence-electron chi connectivity index (χ1n) is 7.64. The van der Waals surface area contributed by atoms with Crippen molar-refractivity contribution in [3.63, 3.8) is 0 Å². The molecule has 110 valence electrons. The molecule has 2 nitrogen and oxygen atoms in total. The molecule has 1 aliphatic carbocycles. The monoisotopic (exact) mass is 282 g/mol. The standard InChI is InChI=1S/C18H23BO2/c1-6-13-12-15(14-10-8-7-9-11-14)16(13)19-20-17(2,3)18(4,5)21-19/h6-12,16H,1-5H3/b13-6+. The third kappa shape index (κ3) is 2.29. The minimum absolute atomic E-state index is 0.207. The van der Waals surface area contributed by atoms with Crippen LogP contribution < -0.4 is 0 Å². The van der Waals surface area contributed by atoms with E-state index in [-0.39, 0.29) is 24.1 Å². The van der Waals surface area contributed by atoms with Gasteiger partial charge in [0.2, 0.25) is 0 Å². The highest BCUT2D eigenvalue weighted by Crippen LogP contribution is 2.52. The maximum Gasteiger partial charge on any atom is 0.470 e. The Balaban J connectivity index is 1.91. The summed E-state index contributed by atoms with van der Waals surface area (Å²) < 4.78 is 12.5. The van der Waals surface area contributed by atoms with Crippen LogP contribution in [-0.2, 0) is 9.31 Å². The van der Waals surface area contributed by atoms with Crippen molar-refractivity contribution in [2.24, 2.45) is 0 Å². The second-order valence-corrected chi connectivity index (χ2v) is 6.86. The van der Waals surface area contributed by atoms with Gasteiger partial charge in [-0.25, -0.2) is 0 Å². The Bertz CT molecular complexity index is 583. The predicted octanol–water partition coefficient (Wildman–Crippen LogP) is 4.49. The van der Waals surface area contributed by atoms with Gasteiger partial charge < -0.3 is 9.31 Å². The van der Waals surface area contributed by atoms with E-state index in [1.807, 2.05) is 6.07 Å². The lowest BCUT2D eigenvalue weighted by atomic mass is 9.56. The quantitative estimate of drug-likeness (QED) is 0.744. The van der Waals surface area contributed by atoms with E-state index in [4.69, 9.17) is 9.31 Å². The van der Waals surface area contributed by atoms with Gasteiger partial charge in [0.1, 0.15) is 0 Å². The SMILES string of the molecule is C/C=C1\C=C(c2ccccc2)C1B1OC(C)(C)C(C)(C)O1. The minimum Gasteiger partial charge on any atom is -0.403 e. The summed E-state index contributed by atoms with van der Waals surface area (Å²) >= 11 is 0. The van der Waals surface area contributed by atoms with Crippen molar-refractivity contribution in [2.75, 3.05) is 0 Å². The highest BCUT2D eigenvalue weighted by Gasteiger charge is 2.56. The van der Waals surface area contributed by atoms with E-state index in [0.717, 1.165) is 0 Å². The van der Waals surface area contributed by atoms with Gasteiger partial charge in [-0.15, -0.1) is 0 Å². The van der Waals surface area contributed by atoms with Crippen LogP contribution in [0.4, 0.5) is 0 Å². The topological polar surface area (TPSA) is 18.5 Å². The molecule has 1 fully saturated rings. The van der Waals surface area contributed by atoms with E-state index in [9.17, 15) is 0 Å². The zero-order valence-corrected chi connectivity index (χ0v) is 13.5. The van der Waals surface area contributed by atoms with Crippen molar-refractivity contribution < 1.29 is 9.31 Å².